The van der Waals surface area contributed by atoms with Gasteiger partial charge < -0.3 is 20.1 Å². The minimum absolute atomic E-state index is 0.0572. The van der Waals surface area contributed by atoms with Gasteiger partial charge in [0.05, 0.1) is 0 Å². The summed E-state index contributed by atoms with van der Waals surface area (Å²) in [4.78, 5) is 48.5. The van der Waals surface area contributed by atoms with Gasteiger partial charge in [-0.05, 0) is 43.9 Å². The summed E-state index contributed by atoms with van der Waals surface area (Å²) in [6, 6.07) is 5.90. The molecule has 1 aromatic carbocycles. The Morgan fingerprint density at radius 2 is 2.00 bits per heavy atom. The number of nitrogens with zero attached hydrogens (tertiary/aromatic N) is 1. The fourth-order valence-electron chi connectivity index (χ4n) is 3.55. The minimum Gasteiger partial charge on any atom is -0.482 e. The number of aliphatic carboxylic acids is 1. The maximum absolute atomic E-state index is 12.7. The molecule has 9 heteroatoms. The van der Waals surface area contributed by atoms with Gasteiger partial charge in [0.25, 0.3) is 11.8 Å². The highest BCUT2D eigenvalue weighted by Gasteiger charge is 2.48. The monoisotopic (exact) mass is 375 g/mol. The molecule has 0 aromatic heterocycles. The maximum Gasteiger partial charge on any atom is 0.341 e. The van der Waals surface area contributed by atoms with Crippen LogP contribution >= 0.6 is 0 Å². The molecule has 3 N–H and O–H groups in total. The van der Waals surface area contributed by atoms with Crippen molar-refractivity contribution >= 4 is 23.8 Å². The molecule has 2 fully saturated rings. The van der Waals surface area contributed by atoms with Crippen LogP contribution in [0.5, 0.6) is 5.75 Å². The first kappa shape index (κ1) is 18.7. The van der Waals surface area contributed by atoms with E-state index in [4.69, 9.17) is 9.84 Å². The average Bonchev–Trinajstić information content (AvgIpc) is 2.92. The summed E-state index contributed by atoms with van der Waals surface area (Å²) in [5.74, 6) is -1.35. The second kappa shape index (κ2) is 7.26. The molecule has 3 rings (SSSR count). The van der Waals surface area contributed by atoms with E-state index in [9.17, 15) is 19.2 Å². The number of nitrogens with one attached hydrogen (secondary N) is 2. The zero-order valence-corrected chi connectivity index (χ0v) is 14.9. The van der Waals surface area contributed by atoms with E-state index in [1.54, 1.807) is 30.0 Å². The summed E-state index contributed by atoms with van der Waals surface area (Å²) < 4.78 is 5.11. The lowest BCUT2D eigenvalue weighted by molar-refractivity contribution is -0.139. The molecular formula is C18H21N3O6. The third kappa shape index (κ3) is 3.86. The van der Waals surface area contributed by atoms with Crippen molar-refractivity contribution in [1.29, 1.82) is 0 Å². The van der Waals surface area contributed by atoms with E-state index in [2.05, 4.69) is 10.6 Å². The zero-order valence-electron chi connectivity index (χ0n) is 14.9. The summed E-state index contributed by atoms with van der Waals surface area (Å²) in [5, 5.41) is 13.6. The van der Waals surface area contributed by atoms with Gasteiger partial charge in [0.15, 0.2) is 6.61 Å². The molecule has 0 aliphatic carbocycles. The van der Waals surface area contributed by atoms with E-state index in [1.165, 1.54) is 6.07 Å². The standard InChI is InChI=1S/C18H21N3O6/c1-18(16(25)19-17(26)20-18)12-5-7-21(8-6-12)15(24)11-3-2-4-13(9-11)27-10-14(22)23/h2-4,9,12H,5-8,10H2,1H3,(H,22,23)(H2,19,20,25,26). The van der Waals surface area contributed by atoms with Gasteiger partial charge in [0.2, 0.25) is 0 Å². The van der Waals surface area contributed by atoms with Gasteiger partial charge in [-0.1, -0.05) is 6.07 Å². The van der Waals surface area contributed by atoms with Crippen LogP contribution < -0.4 is 15.4 Å². The average molecular weight is 375 g/mol. The summed E-state index contributed by atoms with van der Waals surface area (Å²) >= 11 is 0. The SMILES string of the molecule is CC1(C2CCN(C(=O)c3cccc(OCC(=O)O)c3)CC2)NC(=O)NC1=O. The van der Waals surface area contributed by atoms with Crippen molar-refractivity contribution in [3.63, 3.8) is 0 Å². The highest BCUT2D eigenvalue weighted by atomic mass is 16.5. The van der Waals surface area contributed by atoms with Gasteiger partial charge in [-0.2, -0.15) is 0 Å². The first-order valence-corrected chi connectivity index (χ1v) is 8.67. The number of hydrogen-bond donors (Lipinski definition) is 3. The Bertz CT molecular complexity index is 787. The number of carbonyl (C=O) groups excluding carboxylic acids is 3. The van der Waals surface area contributed by atoms with E-state index in [-0.39, 0.29) is 17.7 Å². The number of carboxylic acid groups (broad SMARTS) is 1. The predicted octanol–water partition coefficient (Wildman–Crippen LogP) is 0.600. The van der Waals surface area contributed by atoms with Crippen molar-refractivity contribution in [2.45, 2.75) is 25.3 Å². The number of rotatable bonds is 5. The summed E-state index contributed by atoms with van der Waals surface area (Å²) in [6.45, 7) is 2.15. The molecule has 0 bridgehead atoms. The van der Waals surface area contributed by atoms with Gasteiger partial charge >= 0.3 is 12.0 Å². The molecule has 0 radical (unpaired) electrons. The Morgan fingerprint density at radius 3 is 2.59 bits per heavy atom. The number of piperidine rings is 1. The number of amides is 4. The van der Waals surface area contributed by atoms with Crippen LogP contribution in [-0.2, 0) is 9.59 Å². The predicted molar refractivity (Wildman–Crippen MR) is 93.3 cm³/mol. The summed E-state index contributed by atoms with van der Waals surface area (Å²) in [6.07, 6.45) is 1.18. The van der Waals surface area contributed by atoms with Crippen molar-refractivity contribution in [2.24, 2.45) is 5.92 Å². The Labute approximate surface area is 155 Å². The van der Waals surface area contributed by atoms with Crippen molar-refractivity contribution in [1.82, 2.24) is 15.5 Å². The van der Waals surface area contributed by atoms with Crippen molar-refractivity contribution in [3.05, 3.63) is 29.8 Å². The lowest BCUT2D eigenvalue weighted by atomic mass is 9.79. The number of benzene rings is 1. The van der Waals surface area contributed by atoms with Crippen molar-refractivity contribution in [2.75, 3.05) is 19.7 Å². The number of imide groups is 1. The minimum atomic E-state index is -1.09. The molecule has 9 nitrogen and oxygen atoms in total. The second-order valence-corrected chi connectivity index (χ2v) is 6.89. The van der Waals surface area contributed by atoms with Gasteiger partial charge in [0, 0.05) is 18.7 Å². The molecule has 144 valence electrons. The van der Waals surface area contributed by atoms with Crippen LogP contribution in [0.4, 0.5) is 4.79 Å². The van der Waals surface area contributed by atoms with Crippen LogP contribution in [0.15, 0.2) is 24.3 Å². The van der Waals surface area contributed by atoms with E-state index in [0.717, 1.165) is 0 Å². The van der Waals surface area contributed by atoms with E-state index < -0.39 is 24.1 Å². The third-order valence-corrected chi connectivity index (χ3v) is 5.11. The van der Waals surface area contributed by atoms with Crippen molar-refractivity contribution in [3.8, 4) is 5.75 Å². The van der Waals surface area contributed by atoms with Crippen LogP contribution in [-0.4, -0.2) is 59.1 Å². The molecule has 27 heavy (non-hydrogen) atoms. The van der Waals surface area contributed by atoms with Gasteiger partial charge in [-0.25, -0.2) is 9.59 Å². The number of likely N-dealkylation sites (tertiary alicyclic amines) is 1. The van der Waals surface area contributed by atoms with Crippen LogP contribution in [0.3, 0.4) is 0 Å². The molecule has 2 heterocycles. The van der Waals surface area contributed by atoms with E-state index in [0.29, 0.717) is 37.2 Å². The Balaban J connectivity index is 1.62. The highest BCUT2D eigenvalue weighted by Crippen LogP contribution is 2.31. The molecule has 1 atom stereocenters. The summed E-state index contributed by atoms with van der Waals surface area (Å²) in [5.41, 5.74) is -0.536. The molecule has 1 aromatic rings. The molecule has 2 saturated heterocycles. The topological polar surface area (TPSA) is 125 Å². The number of carbonyl (C=O) groups is 4. The normalized spacial score (nSPS) is 22.9. The molecule has 1 unspecified atom stereocenters. The summed E-state index contributed by atoms with van der Waals surface area (Å²) in [7, 11) is 0. The Hall–Kier alpha value is -3.10. The molecule has 2 aliphatic heterocycles. The molecule has 0 saturated carbocycles. The van der Waals surface area contributed by atoms with E-state index >= 15 is 0 Å². The van der Waals surface area contributed by atoms with Crippen LogP contribution in [0.25, 0.3) is 0 Å². The Morgan fingerprint density at radius 1 is 1.30 bits per heavy atom. The number of urea groups is 1. The third-order valence-electron chi connectivity index (χ3n) is 5.11. The number of hydrogen-bond acceptors (Lipinski definition) is 5. The first-order chi connectivity index (χ1) is 12.8. The first-order valence-electron chi connectivity index (χ1n) is 8.67. The van der Waals surface area contributed by atoms with Gasteiger partial charge in [-0.3, -0.25) is 14.9 Å². The number of carboxylic acids is 1. The molecule has 4 amide bonds. The molecule has 2 aliphatic rings. The number of ether oxygens (including phenoxy) is 1. The fourth-order valence-corrected chi connectivity index (χ4v) is 3.55. The van der Waals surface area contributed by atoms with Gasteiger partial charge in [0.1, 0.15) is 11.3 Å². The van der Waals surface area contributed by atoms with Crippen molar-refractivity contribution < 1.29 is 29.0 Å². The zero-order chi connectivity index (χ0) is 19.6. The smallest absolute Gasteiger partial charge is 0.341 e. The van der Waals surface area contributed by atoms with Crippen LogP contribution in [0.2, 0.25) is 0 Å². The maximum atomic E-state index is 12.7. The highest BCUT2D eigenvalue weighted by molar-refractivity contribution is 6.07. The van der Waals surface area contributed by atoms with Crippen LogP contribution in [0.1, 0.15) is 30.1 Å². The van der Waals surface area contributed by atoms with E-state index in [1.807, 2.05) is 0 Å². The molecule has 0 spiro atoms. The largest absolute Gasteiger partial charge is 0.482 e. The fraction of sp³-hybridized carbons (Fsp3) is 0.444. The quantitative estimate of drug-likeness (QED) is 0.647. The second-order valence-electron chi connectivity index (χ2n) is 6.89. The van der Waals surface area contributed by atoms with Crippen LogP contribution in [0, 0.1) is 5.92 Å². The lowest BCUT2D eigenvalue weighted by Gasteiger charge is -2.38. The lowest BCUT2D eigenvalue weighted by Crippen LogP contribution is -2.54. The molecular weight excluding hydrogens is 354 g/mol. The Kier molecular flexibility index (Phi) is 5.02. The van der Waals surface area contributed by atoms with Gasteiger partial charge in [-0.15, -0.1) is 0 Å².